The minimum absolute atomic E-state index is 0.0493. The van der Waals surface area contributed by atoms with Gasteiger partial charge >= 0.3 is 0 Å². The van der Waals surface area contributed by atoms with Crippen LogP contribution in [-0.4, -0.2) is 64.8 Å². The van der Waals surface area contributed by atoms with Gasteiger partial charge in [0.05, 0.1) is 35.2 Å². The highest BCUT2D eigenvalue weighted by molar-refractivity contribution is 7.13. The lowest BCUT2D eigenvalue weighted by Crippen LogP contribution is -2.30. The Hall–Kier alpha value is -3.28. The van der Waals surface area contributed by atoms with E-state index >= 15 is 0 Å². The van der Waals surface area contributed by atoms with Crippen molar-refractivity contribution < 1.29 is 24.0 Å². The number of likely N-dealkylation sites (tertiary alicyclic amines) is 1. The second-order valence-electron chi connectivity index (χ2n) is 10.5. The number of amides is 2. The highest BCUT2D eigenvalue weighted by atomic mass is 32.1. The lowest BCUT2D eigenvalue weighted by Gasteiger charge is -2.13. The largest absolute Gasteiger partial charge is 0.476 e. The molecular formula is C32H49N5O5S. The van der Waals surface area contributed by atoms with E-state index in [-0.39, 0.29) is 12.3 Å². The molecule has 4 rings (SSSR count). The maximum atomic E-state index is 12.1. The third kappa shape index (κ3) is 14.2. The van der Waals surface area contributed by atoms with Crippen molar-refractivity contribution in [2.75, 3.05) is 26.2 Å². The number of aliphatic hydroxyl groups is 1. The number of β-amino-alcohol motifs (C(OH)–C–C–N with tert-alkyl or cyclic N) is 1. The van der Waals surface area contributed by atoms with Gasteiger partial charge in [-0.05, 0) is 49.0 Å². The zero-order valence-corrected chi connectivity index (χ0v) is 26.7. The minimum atomic E-state index is -0.405. The Morgan fingerprint density at radius 2 is 1.88 bits per heavy atom. The number of nitrogens with zero attached hydrogens (tertiary/aromatic N) is 3. The lowest BCUT2D eigenvalue weighted by atomic mass is 10.1. The van der Waals surface area contributed by atoms with E-state index in [0.29, 0.717) is 50.7 Å². The summed E-state index contributed by atoms with van der Waals surface area (Å²) >= 11 is 1.64. The summed E-state index contributed by atoms with van der Waals surface area (Å²) in [5, 5.41) is 15.9. The molecule has 1 aliphatic heterocycles. The molecule has 0 bridgehead atoms. The molecule has 0 saturated carbocycles. The summed E-state index contributed by atoms with van der Waals surface area (Å²) in [6.07, 6.45) is 9.19. The van der Waals surface area contributed by atoms with Crippen LogP contribution in [0.4, 0.5) is 0 Å². The normalized spacial score (nSPS) is 13.9. The number of carbonyl (C=O) groups excluding carboxylic acids is 2. The van der Waals surface area contributed by atoms with Crippen molar-refractivity contribution in [2.45, 2.75) is 91.2 Å². The number of aryl methyl sites for hydroxylation is 1. The zero-order valence-electron chi connectivity index (χ0n) is 25.9. The van der Waals surface area contributed by atoms with Crippen molar-refractivity contribution in [1.82, 2.24) is 20.4 Å². The van der Waals surface area contributed by atoms with Gasteiger partial charge in [0.2, 0.25) is 12.3 Å². The van der Waals surface area contributed by atoms with Crippen LogP contribution in [0.3, 0.4) is 0 Å². The molecule has 1 atom stereocenters. The van der Waals surface area contributed by atoms with Gasteiger partial charge in [0.15, 0.2) is 0 Å². The number of benzene rings is 1. The Morgan fingerprint density at radius 3 is 2.49 bits per heavy atom. The van der Waals surface area contributed by atoms with E-state index in [4.69, 9.17) is 15.0 Å². The first-order chi connectivity index (χ1) is 20.9. The molecular weight excluding hydrogens is 566 g/mol. The van der Waals surface area contributed by atoms with Crippen LogP contribution in [0.25, 0.3) is 10.4 Å². The van der Waals surface area contributed by atoms with Crippen molar-refractivity contribution in [3.05, 3.63) is 52.9 Å². The molecule has 3 heterocycles. The molecule has 2 amide bonds. The predicted molar refractivity (Wildman–Crippen MR) is 171 cm³/mol. The molecule has 10 nitrogen and oxygen atoms in total. The average molecular weight is 616 g/mol. The number of aliphatic hydroxyl groups excluding tert-OH is 1. The number of ether oxygens (including phenoxy) is 1. The highest BCUT2D eigenvalue weighted by Gasteiger charge is 2.25. The number of nitrogens with one attached hydrogen (secondary N) is 1. The van der Waals surface area contributed by atoms with E-state index in [0.717, 1.165) is 37.1 Å². The number of hydrogen-bond donors (Lipinski definition) is 3. The molecule has 0 spiro atoms. The van der Waals surface area contributed by atoms with Crippen molar-refractivity contribution in [2.24, 2.45) is 5.73 Å². The lowest BCUT2D eigenvalue weighted by molar-refractivity contribution is -0.130. The van der Waals surface area contributed by atoms with E-state index < -0.39 is 6.10 Å². The van der Waals surface area contributed by atoms with E-state index in [9.17, 15) is 14.7 Å². The summed E-state index contributed by atoms with van der Waals surface area (Å²) in [5.41, 5.74) is 10.6. The summed E-state index contributed by atoms with van der Waals surface area (Å²) in [5.74, 6) is 0.882. The van der Waals surface area contributed by atoms with Crippen molar-refractivity contribution in [3.63, 3.8) is 0 Å². The number of hydrogen-bond acceptors (Lipinski definition) is 9. The monoisotopic (exact) mass is 615 g/mol. The summed E-state index contributed by atoms with van der Waals surface area (Å²) < 4.78 is 10.7. The Kier molecular flexibility index (Phi) is 17.9. The van der Waals surface area contributed by atoms with Gasteiger partial charge in [-0.1, -0.05) is 70.2 Å². The first-order valence-electron chi connectivity index (χ1n) is 15.3. The Labute approximate surface area is 260 Å². The molecule has 1 aromatic carbocycles. The molecule has 43 heavy (non-hydrogen) atoms. The molecule has 1 saturated heterocycles. The molecule has 3 aromatic rings. The molecule has 0 aliphatic carbocycles. The van der Waals surface area contributed by atoms with Crippen molar-refractivity contribution in [3.8, 4) is 16.3 Å². The second-order valence-corrected chi connectivity index (χ2v) is 11.4. The molecule has 1 fully saturated rings. The van der Waals surface area contributed by atoms with Gasteiger partial charge in [0, 0.05) is 25.7 Å². The van der Waals surface area contributed by atoms with E-state index in [2.05, 4.69) is 41.4 Å². The van der Waals surface area contributed by atoms with Gasteiger partial charge in [-0.25, -0.2) is 4.98 Å². The fraction of sp³-hybridized carbons (Fsp3) is 0.562. The maximum absolute atomic E-state index is 12.1. The standard InChI is InChI=1S/C17H29N3O4.C12H12N2OS.C3H8/c18-8-5-3-1-2-4-6-10-23-16-11-15(24-19-16)12-17(22)20-9-7-14(21)13-20;1-9-12(16-8-14-9)11-4-2-10(3-5-11)6-13-7-15;1-3-2/h11,14,21H,1-10,12-13,18H2;2-5,7-8H,6H2,1H3,(H,13,15);3H2,1-2H3. The SMILES string of the molecule is CCC.Cc1ncsc1-c1ccc(CNC=O)cc1.NCCCCCCCCOc1cc(CC(=O)N2CCC(O)C2)on1. The predicted octanol–water partition coefficient (Wildman–Crippen LogP) is 5.27. The molecule has 4 N–H and O–H groups in total. The van der Waals surface area contributed by atoms with Crippen LogP contribution in [0, 0.1) is 6.92 Å². The number of thiazole rings is 1. The quantitative estimate of drug-likeness (QED) is 0.155. The van der Waals surface area contributed by atoms with Gasteiger partial charge in [-0.15, -0.1) is 11.3 Å². The summed E-state index contributed by atoms with van der Waals surface area (Å²) in [6.45, 7) is 9.22. The van der Waals surface area contributed by atoms with Crippen LogP contribution in [-0.2, 0) is 22.6 Å². The molecule has 1 unspecified atom stereocenters. The molecule has 0 radical (unpaired) electrons. The van der Waals surface area contributed by atoms with Crippen LogP contribution < -0.4 is 15.8 Å². The number of aromatic nitrogens is 2. The van der Waals surface area contributed by atoms with Gasteiger partial charge < -0.3 is 30.3 Å². The van der Waals surface area contributed by atoms with Crippen LogP contribution >= 0.6 is 11.3 Å². The topological polar surface area (TPSA) is 144 Å². The third-order valence-electron chi connectivity index (χ3n) is 6.58. The fourth-order valence-electron chi connectivity index (χ4n) is 4.32. The Balaban J connectivity index is 0.000000293. The molecule has 2 aromatic heterocycles. The van der Waals surface area contributed by atoms with Gasteiger partial charge in [-0.2, -0.15) is 0 Å². The Bertz CT molecular complexity index is 1170. The molecule has 1 aliphatic rings. The molecule has 11 heteroatoms. The first-order valence-corrected chi connectivity index (χ1v) is 16.2. The van der Waals surface area contributed by atoms with Crippen LogP contribution in [0.15, 0.2) is 40.4 Å². The van der Waals surface area contributed by atoms with Crippen LogP contribution in [0.2, 0.25) is 0 Å². The minimum Gasteiger partial charge on any atom is -0.476 e. The highest BCUT2D eigenvalue weighted by Crippen LogP contribution is 2.27. The van der Waals surface area contributed by atoms with Crippen LogP contribution in [0.1, 0.15) is 82.2 Å². The van der Waals surface area contributed by atoms with E-state index in [1.165, 1.54) is 36.1 Å². The average Bonchev–Trinajstić information content (AvgIpc) is 3.76. The summed E-state index contributed by atoms with van der Waals surface area (Å²) in [4.78, 5) is 29.3. The summed E-state index contributed by atoms with van der Waals surface area (Å²) in [7, 11) is 0. The van der Waals surface area contributed by atoms with E-state index in [1.807, 2.05) is 24.6 Å². The van der Waals surface area contributed by atoms with Gasteiger partial charge in [0.25, 0.3) is 5.88 Å². The number of rotatable bonds is 15. The van der Waals surface area contributed by atoms with Crippen molar-refractivity contribution >= 4 is 23.7 Å². The van der Waals surface area contributed by atoms with Gasteiger partial charge in [-0.3, -0.25) is 9.59 Å². The number of unbranched alkanes of at least 4 members (excludes halogenated alkanes) is 5. The second kappa shape index (κ2) is 21.4. The molecule has 238 valence electrons. The first kappa shape index (κ1) is 35.9. The van der Waals surface area contributed by atoms with Crippen LogP contribution in [0.5, 0.6) is 5.88 Å². The maximum Gasteiger partial charge on any atom is 0.254 e. The smallest absolute Gasteiger partial charge is 0.254 e. The zero-order chi connectivity index (χ0) is 31.3. The number of carbonyl (C=O) groups is 2. The fourth-order valence-corrected chi connectivity index (χ4v) is 5.13. The number of nitrogens with two attached hydrogens (primary N) is 1. The Morgan fingerprint density at radius 1 is 1.19 bits per heavy atom. The summed E-state index contributed by atoms with van der Waals surface area (Å²) in [6, 6.07) is 9.83. The third-order valence-corrected chi connectivity index (χ3v) is 7.56. The van der Waals surface area contributed by atoms with Gasteiger partial charge in [0.1, 0.15) is 5.76 Å². The van der Waals surface area contributed by atoms with Crippen molar-refractivity contribution in [1.29, 1.82) is 0 Å². The van der Waals surface area contributed by atoms with E-state index in [1.54, 1.807) is 22.3 Å².